The Labute approximate surface area is 145 Å². The number of oxazole rings is 1. The summed E-state index contributed by atoms with van der Waals surface area (Å²) < 4.78 is 5.50. The molecule has 0 aliphatic carbocycles. The van der Waals surface area contributed by atoms with Crippen LogP contribution in [0.1, 0.15) is 17.4 Å². The molecule has 128 valence electrons. The Hall–Kier alpha value is -3.12. The number of carbonyl (C=O) groups is 1. The van der Waals surface area contributed by atoms with E-state index >= 15 is 0 Å². The van der Waals surface area contributed by atoms with Gasteiger partial charge in [-0.1, -0.05) is 36.4 Å². The van der Waals surface area contributed by atoms with Gasteiger partial charge in [0.1, 0.15) is 5.76 Å². The average Bonchev–Trinajstić information content (AvgIpc) is 3.07. The van der Waals surface area contributed by atoms with E-state index in [1.165, 1.54) is 0 Å². The molecule has 1 heterocycles. The number of anilines is 1. The number of nitrogens with one attached hydrogen (secondary N) is 2. The lowest BCUT2D eigenvalue weighted by molar-refractivity contribution is 0.225. The van der Waals surface area contributed by atoms with Gasteiger partial charge in [0, 0.05) is 11.3 Å². The van der Waals surface area contributed by atoms with E-state index in [-0.39, 0.29) is 6.61 Å². The van der Waals surface area contributed by atoms with Crippen LogP contribution in [0.4, 0.5) is 10.5 Å². The van der Waals surface area contributed by atoms with Crippen LogP contribution in [0.3, 0.4) is 0 Å². The predicted molar refractivity (Wildman–Crippen MR) is 95.1 cm³/mol. The quantitative estimate of drug-likeness (QED) is 0.665. The van der Waals surface area contributed by atoms with Gasteiger partial charge >= 0.3 is 6.03 Å². The Kier molecular flexibility index (Phi) is 5.11. The number of amides is 2. The largest absolute Gasteiger partial charge is 0.441 e. The second kappa shape index (κ2) is 7.63. The van der Waals surface area contributed by atoms with Crippen LogP contribution < -0.4 is 10.6 Å². The van der Waals surface area contributed by atoms with E-state index in [4.69, 9.17) is 4.42 Å². The summed E-state index contributed by atoms with van der Waals surface area (Å²) in [5, 5.41) is 15.0. The van der Waals surface area contributed by atoms with E-state index in [0.29, 0.717) is 11.6 Å². The molecule has 6 nitrogen and oxygen atoms in total. The number of hydrogen-bond donors (Lipinski definition) is 3. The molecule has 0 spiro atoms. The maximum atomic E-state index is 12.2. The van der Waals surface area contributed by atoms with Crippen molar-refractivity contribution in [2.45, 2.75) is 13.0 Å². The standard InChI is InChI=1S/C19H19N3O3/c1-13-11-20-18(25-13)15-8-5-9-16(10-15)21-19(24)22-17(12-23)14-6-3-2-4-7-14/h2-11,17,23H,12H2,1H3,(H2,21,22,24)/t17-/m1/s1. The van der Waals surface area contributed by atoms with Crippen LogP contribution in [0.15, 0.2) is 65.2 Å². The van der Waals surface area contributed by atoms with Crippen molar-refractivity contribution in [3.8, 4) is 11.5 Å². The van der Waals surface area contributed by atoms with Gasteiger partial charge in [-0.05, 0) is 30.7 Å². The number of aromatic nitrogens is 1. The van der Waals surface area contributed by atoms with Gasteiger partial charge in [-0.25, -0.2) is 9.78 Å². The van der Waals surface area contributed by atoms with Gasteiger partial charge in [-0.2, -0.15) is 0 Å². The molecule has 6 heteroatoms. The molecule has 0 aliphatic heterocycles. The Morgan fingerprint density at radius 1 is 1.20 bits per heavy atom. The van der Waals surface area contributed by atoms with E-state index in [9.17, 15) is 9.90 Å². The topological polar surface area (TPSA) is 87.4 Å². The monoisotopic (exact) mass is 337 g/mol. The lowest BCUT2D eigenvalue weighted by atomic mass is 10.1. The first-order valence-corrected chi connectivity index (χ1v) is 7.92. The summed E-state index contributed by atoms with van der Waals surface area (Å²) in [7, 11) is 0. The Bertz CT molecular complexity index is 846. The highest BCUT2D eigenvalue weighted by molar-refractivity contribution is 5.90. The third-order valence-electron chi connectivity index (χ3n) is 3.68. The second-order valence-electron chi connectivity index (χ2n) is 5.60. The first kappa shape index (κ1) is 16.7. The fraction of sp³-hybridized carbons (Fsp3) is 0.158. The normalized spacial score (nSPS) is 11.8. The first-order chi connectivity index (χ1) is 12.2. The minimum absolute atomic E-state index is 0.187. The molecule has 0 fully saturated rings. The van der Waals surface area contributed by atoms with Gasteiger partial charge in [0.15, 0.2) is 0 Å². The molecule has 3 aromatic rings. The fourth-order valence-corrected chi connectivity index (χ4v) is 2.46. The number of benzene rings is 2. The predicted octanol–water partition coefficient (Wildman–Crippen LogP) is 3.51. The van der Waals surface area contributed by atoms with Crippen LogP contribution in [-0.4, -0.2) is 22.7 Å². The first-order valence-electron chi connectivity index (χ1n) is 7.92. The van der Waals surface area contributed by atoms with Crippen LogP contribution in [0.2, 0.25) is 0 Å². The molecule has 1 atom stereocenters. The van der Waals surface area contributed by atoms with Gasteiger partial charge in [-0.3, -0.25) is 0 Å². The molecule has 2 amide bonds. The van der Waals surface area contributed by atoms with E-state index in [0.717, 1.165) is 16.9 Å². The smallest absolute Gasteiger partial charge is 0.319 e. The molecule has 0 bridgehead atoms. The molecular formula is C19H19N3O3. The molecule has 0 saturated carbocycles. The van der Waals surface area contributed by atoms with Crippen molar-refractivity contribution in [2.75, 3.05) is 11.9 Å². The molecule has 3 rings (SSSR count). The highest BCUT2D eigenvalue weighted by Crippen LogP contribution is 2.22. The van der Waals surface area contributed by atoms with Crippen LogP contribution in [0.5, 0.6) is 0 Å². The van der Waals surface area contributed by atoms with Crippen molar-refractivity contribution in [1.82, 2.24) is 10.3 Å². The SMILES string of the molecule is Cc1cnc(-c2cccc(NC(=O)N[C@H](CO)c3ccccc3)c2)o1. The fourth-order valence-electron chi connectivity index (χ4n) is 2.46. The van der Waals surface area contributed by atoms with Crippen molar-refractivity contribution in [3.63, 3.8) is 0 Å². The third kappa shape index (κ3) is 4.24. The zero-order valence-corrected chi connectivity index (χ0v) is 13.8. The van der Waals surface area contributed by atoms with E-state index in [1.807, 2.05) is 49.4 Å². The summed E-state index contributed by atoms with van der Waals surface area (Å²) in [5.74, 6) is 1.22. The lowest BCUT2D eigenvalue weighted by Crippen LogP contribution is -2.34. The number of aliphatic hydroxyl groups is 1. The van der Waals surface area contributed by atoms with Crippen molar-refractivity contribution < 1.29 is 14.3 Å². The summed E-state index contributed by atoms with van der Waals surface area (Å²) in [6, 6.07) is 15.7. The molecule has 0 unspecified atom stereocenters. The zero-order valence-electron chi connectivity index (χ0n) is 13.8. The Balaban J connectivity index is 1.68. The molecule has 0 radical (unpaired) electrons. The van der Waals surface area contributed by atoms with Gasteiger partial charge in [0.25, 0.3) is 0 Å². The number of hydrogen-bond acceptors (Lipinski definition) is 4. The number of nitrogens with zero attached hydrogens (tertiary/aromatic N) is 1. The van der Waals surface area contributed by atoms with Gasteiger partial charge in [0.05, 0.1) is 18.8 Å². The summed E-state index contributed by atoms with van der Waals surface area (Å²) in [6.45, 7) is 1.64. The minimum atomic E-state index is -0.473. The van der Waals surface area contributed by atoms with Crippen LogP contribution in [0, 0.1) is 6.92 Å². The second-order valence-corrected chi connectivity index (χ2v) is 5.60. The highest BCUT2D eigenvalue weighted by atomic mass is 16.4. The van der Waals surface area contributed by atoms with Crippen LogP contribution >= 0.6 is 0 Å². The summed E-state index contributed by atoms with van der Waals surface area (Å²) in [4.78, 5) is 16.4. The van der Waals surface area contributed by atoms with Crippen LogP contribution in [-0.2, 0) is 0 Å². The van der Waals surface area contributed by atoms with Crippen molar-refractivity contribution in [3.05, 3.63) is 72.1 Å². The molecule has 0 saturated heterocycles. The van der Waals surface area contributed by atoms with Crippen LogP contribution in [0.25, 0.3) is 11.5 Å². The summed E-state index contributed by atoms with van der Waals surface area (Å²) in [6.07, 6.45) is 1.65. The number of aryl methyl sites for hydroxylation is 1. The molecule has 0 aliphatic rings. The lowest BCUT2D eigenvalue weighted by Gasteiger charge is -2.17. The Morgan fingerprint density at radius 2 is 2.00 bits per heavy atom. The molecule has 25 heavy (non-hydrogen) atoms. The number of rotatable bonds is 5. The van der Waals surface area contributed by atoms with Gasteiger partial charge in [-0.15, -0.1) is 0 Å². The van der Waals surface area contributed by atoms with Gasteiger partial charge in [0.2, 0.25) is 5.89 Å². The van der Waals surface area contributed by atoms with E-state index < -0.39 is 12.1 Å². The molecule has 2 aromatic carbocycles. The molecule has 1 aromatic heterocycles. The maximum absolute atomic E-state index is 12.2. The third-order valence-corrected chi connectivity index (χ3v) is 3.68. The summed E-state index contributed by atoms with van der Waals surface area (Å²) >= 11 is 0. The zero-order chi connectivity index (χ0) is 17.6. The van der Waals surface area contributed by atoms with E-state index in [1.54, 1.807) is 18.3 Å². The van der Waals surface area contributed by atoms with Crippen molar-refractivity contribution in [1.29, 1.82) is 0 Å². The highest BCUT2D eigenvalue weighted by Gasteiger charge is 2.14. The molecular weight excluding hydrogens is 318 g/mol. The number of carbonyl (C=O) groups excluding carboxylic acids is 1. The Morgan fingerprint density at radius 3 is 2.68 bits per heavy atom. The van der Waals surface area contributed by atoms with E-state index in [2.05, 4.69) is 15.6 Å². The average molecular weight is 337 g/mol. The summed E-state index contributed by atoms with van der Waals surface area (Å²) in [5.41, 5.74) is 2.22. The number of urea groups is 1. The maximum Gasteiger partial charge on any atom is 0.319 e. The van der Waals surface area contributed by atoms with Crippen molar-refractivity contribution >= 4 is 11.7 Å². The molecule has 3 N–H and O–H groups in total. The number of aliphatic hydroxyl groups excluding tert-OH is 1. The minimum Gasteiger partial charge on any atom is -0.441 e. The van der Waals surface area contributed by atoms with Gasteiger partial charge < -0.3 is 20.2 Å². The van der Waals surface area contributed by atoms with Crippen molar-refractivity contribution in [2.24, 2.45) is 0 Å².